The van der Waals surface area contributed by atoms with Gasteiger partial charge >= 0.3 is 6.16 Å². The van der Waals surface area contributed by atoms with Crippen LogP contribution in [-0.2, 0) is 9.57 Å². The molecular weight excluding hydrogens is 200 g/mol. The molecular formula is C8H10N4O3. The first-order valence-corrected chi connectivity index (χ1v) is 4.56. The maximum absolute atomic E-state index is 11.0. The third kappa shape index (κ3) is 1.95. The quantitative estimate of drug-likeness (QED) is 0.639. The Labute approximate surface area is 86.0 Å². The van der Waals surface area contributed by atoms with Crippen molar-refractivity contribution in [1.82, 2.24) is 5.17 Å². The molecule has 2 rings (SSSR count). The van der Waals surface area contributed by atoms with Gasteiger partial charge in [0, 0.05) is 6.21 Å². The normalized spacial score (nSPS) is 26.6. The Bertz CT molecular complexity index is 339. The number of carbonyl (C=O) groups is 1. The van der Waals surface area contributed by atoms with Crippen molar-refractivity contribution >= 4 is 12.4 Å². The average Bonchev–Trinajstić information content (AvgIpc) is 2.62. The number of aliphatic imine (C=N–C) groups is 1. The second-order valence-electron chi connectivity index (χ2n) is 2.87. The predicted molar refractivity (Wildman–Crippen MR) is 50.0 cm³/mol. The van der Waals surface area contributed by atoms with Crippen molar-refractivity contribution in [2.45, 2.75) is 19.1 Å². The van der Waals surface area contributed by atoms with Crippen LogP contribution in [0.2, 0.25) is 0 Å². The van der Waals surface area contributed by atoms with E-state index in [1.54, 1.807) is 19.2 Å². The molecule has 15 heavy (non-hydrogen) atoms. The molecule has 2 heterocycles. The second-order valence-corrected chi connectivity index (χ2v) is 2.87. The van der Waals surface area contributed by atoms with Crippen molar-refractivity contribution in [3.05, 3.63) is 12.2 Å². The Morgan fingerprint density at radius 2 is 2.47 bits per heavy atom. The summed E-state index contributed by atoms with van der Waals surface area (Å²) in [5.74, 6) is 0. The number of nitrogens with zero attached hydrogens (tertiary/aromatic N) is 4. The molecule has 2 aliphatic rings. The van der Waals surface area contributed by atoms with Gasteiger partial charge in [-0.05, 0) is 18.2 Å². The summed E-state index contributed by atoms with van der Waals surface area (Å²) in [6.45, 7) is 1.94. The number of ether oxygens (including phenoxy) is 1. The SMILES string of the molecule is CCOC(=O)ON1N=NC2C=CC=NC21. The topological polar surface area (TPSA) is 75.8 Å². The van der Waals surface area contributed by atoms with Crippen molar-refractivity contribution in [3.63, 3.8) is 0 Å². The molecule has 2 aliphatic heterocycles. The molecule has 0 spiro atoms. The molecule has 0 saturated carbocycles. The molecule has 0 saturated heterocycles. The minimum Gasteiger partial charge on any atom is -0.433 e. The van der Waals surface area contributed by atoms with Gasteiger partial charge in [-0.3, -0.25) is 9.83 Å². The van der Waals surface area contributed by atoms with Crippen LogP contribution in [0.25, 0.3) is 0 Å². The number of hydroxylamine groups is 1. The van der Waals surface area contributed by atoms with E-state index in [1.165, 1.54) is 0 Å². The van der Waals surface area contributed by atoms with Gasteiger partial charge in [0.15, 0.2) is 0 Å². The maximum atomic E-state index is 11.0. The predicted octanol–water partition coefficient (Wildman–Crippen LogP) is 1.09. The molecule has 0 fully saturated rings. The highest BCUT2D eigenvalue weighted by molar-refractivity contribution is 5.72. The first-order valence-electron chi connectivity index (χ1n) is 4.56. The summed E-state index contributed by atoms with van der Waals surface area (Å²) in [4.78, 5) is 19.9. The van der Waals surface area contributed by atoms with Crippen molar-refractivity contribution in [3.8, 4) is 0 Å². The van der Waals surface area contributed by atoms with Gasteiger partial charge in [0.2, 0.25) is 6.17 Å². The molecule has 80 valence electrons. The molecule has 0 radical (unpaired) electrons. The minimum absolute atomic E-state index is 0.190. The average molecular weight is 210 g/mol. The van der Waals surface area contributed by atoms with E-state index in [0.717, 1.165) is 5.17 Å². The third-order valence-corrected chi connectivity index (χ3v) is 1.87. The fraction of sp³-hybridized carbons (Fsp3) is 0.500. The number of dihydropyridines is 1. The zero-order valence-corrected chi connectivity index (χ0v) is 8.11. The summed E-state index contributed by atoms with van der Waals surface area (Å²) in [6, 6.07) is -0.190. The lowest BCUT2D eigenvalue weighted by atomic mass is 10.2. The minimum atomic E-state index is -0.804. The highest BCUT2D eigenvalue weighted by Gasteiger charge is 2.34. The lowest BCUT2D eigenvalue weighted by molar-refractivity contribution is -0.144. The van der Waals surface area contributed by atoms with Crippen LogP contribution in [0.15, 0.2) is 27.5 Å². The molecule has 0 N–H and O–H groups in total. The van der Waals surface area contributed by atoms with Crippen LogP contribution in [0.5, 0.6) is 0 Å². The number of rotatable bonds is 2. The largest absolute Gasteiger partial charge is 0.534 e. The molecule has 2 atom stereocenters. The number of carbonyl (C=O) groups excluding carboxylic acids is 1. The smallest absolute Gasteiger partial charge is 0.433 e. The lowest BCUT2D eigenvalue weighted by Crippen LogP contribution is -2.35. The number of fused-ring (bicyclic) bond motifs is 1. The third-order valence-electron chi connectivity index (χ3n) is 1.87. The first-order chi connectivity index (χ1) is 7.31. The zero-order chi connectivity index (χ0) is 10.7. The fourth-order valence-corrected chi connectivity index (χ4v) is 1.23. The van der Waals surface area contributed by atoms with Crippen molar-refractivity contribution in [1.29, 1.82) is 0 Å². The van der Waals surface area contributed by atoms with Crippen molar-refractivity contribution in [2.24, 2.45) is 15.3 Å². The Balaban J connectivity index is 1.95. The zero-order valence-electron chi connectivity index (χ0n) is 8.11. The molecule has 7 heteroatoms. The van der Waals surface area contributed by atoms with E-state index in [0.29, 0.717) is 0 Å². The summed E-state index contributed by atoms with van der Waals surface area (Å²) >= 11 is 0. The van der Waals surface area contributed by atoms with E-state index in [-0.39, 0.29) is 12.6 Å². The van der Waals surface area contributed by atoms with E-state index in [2.05, 4.69) is 20.1 Å². The Morgan fingerprint density at radius 3 is 3.27 bits per heavy atom. The monoisotopic (exact) mass is 210 g/mol. The molecule has 0 aliphatic carbocycles. The van der Waals surface area contributed by atoms with Crippen LogP contribution in [0, 0.1) is 0 Å². The van der Waals surface area contributed by atoms with Crippen LogP contribution in [-0.4, -0.2) is 36.4 Å². The Kier molecular flexibility index (Phi) is 2.61. The van der Waals surface area contributed by atoms with Crippen molar-refractivity contribution in [2.75, 3.05) is 6.61 Å². The van der Waals surface area contributed by atoms with Gasteiger partial charge in [-0.1, -0.05) is 11.2 Å². The van der Waals surface area contributed by atoms with Gasteiger partial charge < -0.3 is 4.74 Å². The molecule has 0 aromatic heterocycles. The molecule has 0 aromatic carbocycles. The summed E-state index contributed by atoms with van der Waals surface area (Å²) in [5.41, 5.74) is 0. The van der Waals surface area contributed by atoms with E-state index in [4.69, 9.17) is 4.84 Å². The van der Waals surface area contributed by atoms with Crippen molar-refractivity contribution < 1.29 is 14.4 Å². The van der Waals surface area contributed by atoms with Gasteiger partial charge in [0.1, 0.15) is 6.04 Å². The van der Waals surface area contributed by atoms with Gasteiger partial charge in [0.25, 0.3) is 0 Å². The molecule has 7 nitrogen and oxygen atoms in total. The van der Waals surface area contributed by atoms with Gasteiger partial charge in [-0.25, -0.2) is 4.79 Å². The van der Waals surface area contributed by atoms with Crippen LogP contribution in [0.4, 0.5) is 4.79 Å². The highest BCUT2D eigenvalue weighted by Crippen LogP contribution is 2.22. The fourth-order valence-electron chi connectivity index (χ4n) is 1.23. The number of hydrogen-bond acceptors (Lipinski definition) is 7. The van der Waals surface area contributed by atoms with E-state index >= 15 is 0 Å². The number of hydrogen-bond donors (Lipinski definition) is 0. The van der Waals surface area contributed by atoms with E-state index in [1.807, 2.05) is 6.08 Å². The number of allylic oxidation sites excluding steroid dienone is 1. The van der Waals surface area contributed by atoms with Gasteiger partial charge in [0.05, 0.1) is 6.61 Å². The molecule has 2 unspecified atom stereocenters. The first kappa shape index (κ1) is 9.63. The Hall–Kier alpha value is -1.92. The summed E-state index contributed by atoms with van der Waals surface area (Å²) in [7, 11) is 0. The molecule has 0 aromatic rings. The summed E-state index contributed by atoms with van der Waals surface area (Å²) in [5, 5.41) is 8.59. The maximum Gasteiger partial charge on any atom is 0.534 e. The summed E-state index contributed by atoms with van der Waals surface area (Å²) in [6.07, 6.45) is 4.00. The van der Waals surface area contributed by atoms with Crippen LogP contribution in [0.3, 0.4) is 0 Å². The summed E-state index contributed by atoms with van der Waals surface area (Å²) < 4.78 is 4.61. The van der Waals surface area contributed by atoms with E-state index in [9.17, 15) is 4.79 Å². The van der Waals surface area contributed by atoms with Crippen LogP contribution in [0.1, 0.15) is 6.92 Å². The Morgan fingerprint density at radius 1 is 1.60 bits per heavy atom. The van der Waals surface area contributed by atoms with E-state index < -0.39 is 12.3 Å². The van der Waals surface area contributed by atoms with Crippen LogP contribution >= 0.6 is 0 Å². The second kappa shape index (κ2) is 4.07. The lowest BCUT2D eigenvalue weighted by Gasteiger charge is -2.19. The van der Waals surface area contributed by atoms with Gasteiger partial charge in [-0.15, -0.1) is 0 Å². The standard InChI is InChI=1S/C8H10N4O3/c1-2-14-8(13)15-12-7-6(10-11-12)4-3-5-9-7/h3-7H,2H2,1H3. The molecule has 0 amide bonds. The highest BCUT2D eigenvalue weighted by atomic mass is 16.8. The molecule has 0 bridgehead atoms. The van der Waals surface area contributed by atoms with Crippen LogP contribution < -0.4 is 0 Å². The van der Waals surface area contributed by atoms with Gasteiger partial charge in [-0.2, -0.15) is 5.11 Å².